The van der Waals surface area contributed by atoms with Crippen molar-refractivity contribution in [2.75, 3.05) is 18.0 Å². The number of nitrogens with zero attached hydrogens (tertiary/aromatic N) is 2. The largest absolute Gasteiger partial charge is 0.433 e. The molecule has 0 radical (unpaired) electrons. The second-order valence-corrected chi connectivity index (χ2v) is 5.43. The van der Waals surface area contributed by atoms with Crippen molar-refractivity contribution in [2.24, 2.45) is 11.8 Å². The molecule has 0 spiro atoms. The van der Waals surface area contributed by atoms with Crippen LogP contribution in [-0.2, 0) is 6.18 Å². The van der Waals surface area contributed by atoms with Crippen LogP contribution in [0.1, 0.15) is 18.5 Å². The van der Waals surface area contributed by atoms with Crippen LogP contribution in [0.5, 0.6) is 0 Å². The van der Waals surface area contributed by atoms with E-state index in [4.69, 9.17) is 0 Å². The second-order valence-electron chi connectivity index (χ2n) is 5.43. The quantitative estimate of drug-likeness (QED) is 0.852. The van der Waals surface area contributed by atoms with Gasteiger partial charge in [0.15, 0.2) is 0 Å². The third kappa shape index (κ3) is 2.41. The number of aliphatic hydroxyl groups is 1. The first-order chi connectivity index (χ1) is 8.93. The molecule has 3 atom stereocenters. The summed E-state index contributed by atoms with van der Waals surface area (Å²) in [7, 11) is 0. The van der Waals surface area contributed by atoms with E-state index in [0.717, 1.165) is 18.9 Å². The van der Waals surface area contributed by atoms with Crippen LogP contribution in [0.3, 0.4) is 0 Å². The highest BCUT2D eigenvalue weighted by molar-refractivity contribution is 5.41. The predicted octanol–water partition coefficient (Wildman–Crippen LogP) is 2.31. The number of aliphatic hydroxyl groups excluding tert-OH is 1. The zero-order chi connectivity index (χ0) is 13.6. The van der Waals surface area contributed by atoms with Gasteiger partial charge in [-0.25, -0.2) is 4.98 Å². The maximum atomic E-state index is 12.6. The van der Waals surface area contributed by atoms with Gasteiger partial charge in [0, 0.05) is 13.1 Å². The van der Waals surface area contributed by atoms with Crippen molar-refractivity contribution in [2.45, 2.75) is 25.1 Å². The summed E-state index contributed by atoms with van der Waals surface area (Å²) >= 11 is 0. The summed E-state index contributed by atoms with van der Waals surface area (Å²) in [6.07, 6.45) is -3.14. The van der Waals surface area contributed by atoms with Crippen molar-refractivity contribution in [3.05, 3.63) is 23.9 Å². The molecule has 2 heterocycles. The molecule has 104 valence electrons. The number of halogens is 3. The molecule has 1 saturated carbocycles. The van der Waals surface area contributed by atoms with Gasteiger partial charge in [0.25, 0.3) is 0 Å². The number of hydrogen-bond acceptors (Lipinski definition) is 3. The fourth-order valence-electron chi connectivity index (χ4n) is 3.21. The molecule has 1 saturated heterocycles. The van der Waals surface area contributed by atoms with Crippen LogP contribution in [0.15, 0.2) is 18.2 Å². The van der Waals surface area contributed by atoms with Crippen LogP contribution in [0.2, 0.25) is 0 Å². The minimum Gasteiger partial charge on any atom is -0.393 e. The molecule has 3 nitrogen and oxygen atoms in total. The Balaban J connectivity index is 1.78. The summed E-state index contributed by atoms with van der Waals surface area (Å²) in [5.41, 5.74) is -0.845. The molecule has 0 aromatic carbocycles. The van der Waals surface area contributed by atoms with E-state index < -0.39 is 11.9 Å². The van der Waals surface area contributed by atoms with Gasteiger partial charge in [-0.05, 0) is 36.8 Å². The molecule has 1 aromatic rings. The average Bonchev–Trinajstić information content (AvgIpc) is 2.85. The zero-order valence-electron chi connectivity index (χ0n) is 10.3. The van der Waals surface area contributed by atoms with Gasteiger partial charge in [-0.15, -0.1) is 0 Å². The van der Waals surface area contributed by atoms with Gasteiger partial charge in [-0.2, -0.15) is 13.2 Å². The van der Waals surface area contributed by atoms with Crippen LogP contribution >= 0.6 is 0 Å². The number of alkyl halides is 3. The lowest BCUT2D eigenvalue weighted by Crippen LogP contribution is -2.24. The average molecular weight is 272 g/mol. The number of anilines is 1. The molecule has 1 aromatic heterocycles. The Morgan fingerprint density at radius 1 is 1.16 bits per heavy atom. The zero-order valence-corrected chi connectivity index (χ0v) is 10.3. The molecular formula is C13H15F3N2O. The van der Waals surface area contributed by atoms with Crippen molar-refractivity contribution in [3.8, 4) is 0 Å². The van der Waals surface area contributed by atoms with Gasteiger partial charge >= 0.3 is 6.18 Å². The van der Waals surface area contributed by atoms with Gasteiger partial charge in [-0.1, -0.05) is 6.07 Å². The van der Waals surface area contributed by atoms with Crippen molar-refractivity contribution in [1.29, 1.82) is 0 Å². The Morgan fingerprint density at radius 2 is 1.79 bits per heavy atom. The summed E-state index contributed by atoms with van der Waals surface area (Å²) in [5, 5.41) is 9.56. The summed E-state index contributed by atoms with van der Waals surface area (Å²) in [6.45, 7) is 1.38. The fraction of sp³-hybridized carbons (Fsp3) is 0.615. The van der Waals surface area contributed by atoms with Crippen LogP contribution in [0.4, 0.5) is 19.0 Å². The van der Waals surface area contributed by atoms with Crippen molar-refractivity contribution >= 4 is 5.82 Å². The van der Waals surface area contributed by atoms with Crippen LogP contribution < -0.4 is 4.90 Å². The van der Waals surface area contributed by atoms with Crippen LogP contribution in [-0.4, -0.2) is 29.3 Å². The minimum absolute atomic E-state index is 0.244. The highest BCUT2D eigenvalue weighted by Crippen LogP contribution is 2.39. The lowest BCUT2D eigenvalue weighted by atomic mass is 10.0. The molecule has 1 aliphatic carbocycles. The molecule has 2 fully saturated rings. The first-order valence-corrected chi connectivity index (χ1v) is 6.41. The number of aromatic nitrogens is 1. The fourth-order valence-corrected chi connectivity index (χ4v) is 3.21. The van der Waals surface area contributed by atoms with E-state index in [-0.39, 0.29) is 6.10 Å². The molecule has 0 bridgehead atoms. The molecule has 1 aliphatic heterocycles. The molecule has 19 heavy (non-hydrogen) atoms. The Kier molecular flexibility index (Phi) is 2.92. The normalized spacial score (nSPS) is 30.7. The Hall–Kier alpha value is -1.30. The third-order valence-corrected chi connectivity index (χ3v) is 4.07. The minimum atomic E-state index is -4.40. The topological polar surface area (TPSA) is 36.4 Å². The number of fused-ring (bicyclic) bond motifs is 1. The second kappa shape index (κ2) is 4.37. The van der Waals surface area contributed by atoms with E-state index in [2.05, 4.69) is 4.98 Å². The highest BCUT2D eigenvalue weighted by Gasteiger charge is 2.41. The van der Waals surface area contributed by atoms with Crippen molar-refractivity contribution in [3.63, 3.8) is 0 Å². The predicted molar refractivity (Wildman–Crippen MR) is 63.7 cm³/mol. The van der Waals surface area contributed by atoms with Gasteiger partial charge in [0.2, 0.25) is 0 Å². The number of hydrogen-bond donors (Lipinski definition) is 1. The van der Waals surface area contributed by atoms with Gasteiger partial charge < -0.3 is 10.0 Å². The summed E-state index contributed by atoms with van der Waals surface area (Å²) in [5.74, 6) is 1.15. The molecule has 1 N–H and O–H groups in total. The highest BCUT2D eigenvalue weighted by atomic mass is 19.4. The lowest BCUT2D eigenvalue weighted by molar-refractivity contribution is -0.141. The molecule has 1 unspecified atom stereocenters. The Labute approximate surface area is 109 Å². The van der Waals surface area contributed by atoms with Crippen molar-refractivity contribution < 1.29 is 18.3 Å². The summed E-state index contributed by atoms with van der Waals surface area (Å²) in [4.78, 5) is 5.61. The first-order valence-electron chi connectivity index (χ1n) is 6.41. The maximum Gasteiger partial charge on any atom is 0.433 e. The number of rotatable bonds is 1. The number of pyridine rings is 1. The maximum absolute atomic E-state index is 12.6. The van der Waals surface area contributed by atoms with Crippen molar-refractivity contribution in [1.82, 2.24) is 4.98 Å². The van der Waals surface area contributed by atoms with Gasteiger partial charge in [0.1, 0.15) is 11.5 Å². The molecule has 3 rings (SSSR count). The molecule has 6 heteroatoms. The van der Waals surface area contributed by atoms with Gasteiger partial charge in [0.05, 0.1) is 6.10 Å². The summed E-state index contributed by atoms with van der Waals surface area (Å²) < 4.78 is 37.9. The van der Waals surface area contributed by atoms with Crippen LogP contribution in [0.25, 0.3) is 0 Å². The smallest absolute Gasteiger partial charge is 0.393 e. The van der Waals surface area contributed by atoms with E-state index in [1.807, 2.05) is 4.90 Å². The van der Waals surface area contributed by atoms with E-state index in [0.29, 0.717) is 30.7 Å². The monoisotopic (exact) mass is 272 g/mol. The SMILES string of the molecule is OC1C[C@@H]2CN(c3cccc(C(F)(F)F)n3)C[C@@H]2C1. The first kappa shape index (κ1) is 12.7. The standard InChI is InChI=1S/C13H15F3N2O/c14-13(15,16)11-2-1-3-12(17-11)18-6-8-4-10(19)5-9(8)7-18/h1-3,8-10,19H,4-7H2/t8-,9+,10?. The Bertz CT molecular complexity index is 463. The lowest BCUT2D eigenvalue weighted by Gasteiger charge is -2.20. The van der Waals surface area contributed by atoms with E-state index in [1.165, 1.54) is 6.07 Å². The van der Waals surface area contributed by atoms with E-state index in [9.17, 15) is 18.3 Å². The molecule has 2 aliphatic rings. The third-order valence-electron chi connectivity index (χ3n) is 4.07. The van der Waals surface area contributed by atoms with E-state index in [1.54, 1.807) is 6.07 Å². The Morgan fingerprint density at radius 3 is 2.37 bits per heavy atom. The van der Waals surface area contributed by atoms with Crippen LogP contribution in [0, 0.1) is 11.8 Å². The molecular weight excluding hydrogens is 257 g/mol. The van der Waals surface area contributed by atoms with Gasteiger partial charge in [-0.3, -0.25) is 0 Å². The molecule has 0 amide bonds. The van der Waals surface area contributed by atoms with E-state index >= 15 is 0 Å². The summed E-state index contributed by atoms with van der Waals surface area (Å²) in [6, 6.07) is 4.00.